The summed E-state index contributed by atoms with van der Waals surface area (Å²) in [7, 11) is 1.62. The second kappa shape index (κ2) is 9.27. The van der Waals surface area contributed by atoms with E-state index >= 15 is 0 Å². The number of para-hydroxylation sites is 1. The number of methoxy groups -OCH3 is 1. The lowest BCUT2D eigenvalue weighted by atomic mass is 10.2. The fourth-order valence-corrected chi connectivity index (χ4v) is 2.53. The van der Waals surface area contributed by atoms with Crippen molar-refractivity contribution in [2.45, 2.75) is 0 Å². The van der Waals surface area contributed by atoms with E-state index < -0.39 is 0 Å². The van der Waals surface area contributed by atoms with Gasteiger partial charge in [0, 0.05) is 58.6 Å². The van der Waals surface area contributed by atoms with Crippen molar-refractivity contribution in [3.63, 3.8) is 0 Å². The number of urea groups is 1. The van der Waals surface area contributed by atoms with Crippen LogP contribution in [0.15, 0.2) is 30.3 Å². The highest BCUT2D eigenvalue weighted by Gasteiger charge is 2.16. The van der Waals surface area contributed by atoms with Crippen LogP contribution in [0.25, 0.3) is 0 Å². The molecule has 1 heterocycles. The summed E-state index contributed by atoms with van der Waals surface area (Å²) in [5, 5.41) is 5.62. The molecule has 0 radical (unpaired) electrons. The van der Waals surface area contributed by atoms with Gasteiger partial charge in [0.1, 0.15) is 0 Å². The zero-order chi connectivity index (χ0) is 15.6. The molecule has 0 unspecified atom stereocenters. The van der Waals surface area contributed by atoms with Crippen LogP contribution in [-0.4, -0.2) is 70.5 Å². The molecule has 6 heteroatoms. The van der Waals surface area contributed by atoms with Crippen molar-refractivity contribution >= 4 is 11.7 Å². The average molecular weight is 306 g/mol. The Morgan fingerprint density at radius 2 is 1.77 bits per heavy atom. The first-order valence-corrected chi connectivity index (χ1v) is 7.82. The highest BCUT2D eigenvalue weighted by molar-refractivity contribution is 5.73. The molecule has 1 fully saturated rings. The van der Waals surface area contributed by atoms with Gasteiger partial charge in [-0.25, -0.2) is 4.79 Å². The molecule has 1 aromatic rings. The van der Waals surface area contributed by atoms with E-state index in [2.05, 4.69) is 44.7 Å². The van der Waals surface area contributed by atoms with Gasteiger partial charge >= 0.3 is 6.03 Å². The number of carbonyl (C=O) groups is 1. The summed E-state index contributed by atoms with van der Waals surface area (Å²) in [5.74, 6) is 0. The molecule has 2 rings (SSSR count). The number of nitrogens with zero attached hydrogens (tertiary/aromatic N) is 2. The number of hydrogen-bond donors (Lipinski definition) is 2. The molecule has 0 aromatic heterocycles. The number of hydrogen-bond acceptors (Lipinski definition) is 4. The lowest BCUT2D eigenvalue weighted by Crippen LogP contribution is -2.49. The third-order valence-electron chi connectivity index (χ3n) is 3.80. The highest BCUT2D eigenvalue weighted by atomic mass is 16.5. The fourth-order valence-electron chi connectivity index (χ4n) is 2.53. The summed E-state index contributed by atoms with van der Waals surface area (Å²) in [6, 6.07) is 10.4. The normalized spacial score (nSPS) is 15.6. The van der Waals surface area contributed by atoms with E-state index in [0.717, 1.165) is 32.7 Å². The molecular formula is C16H26N4O2. The molecule has 122 valence electrons. The molecule has 0 aliphatic carbocycles. The van der Waals surface area contributed by atoms with E-state index in [1.807, 2.05) is 6.07 Å². The smallest absolute Gasteiger partial charge is 0.314 e. The van der Waals surface area contributed by atoms with Crippen molar-refractivity contribution in [3.05, 3.63) is 30.3 Å². The topological polar surface area (TPSA) is 56.8 Å². The number of benzene rings is 1. The van der Waals surface area contributed by atoms with Crippen molar-refractivity contribution in [1.82, 2.24) is 15.5 Å². The Labute approximate surface area is 132 Å². The van der Waals surface area contributed by atoms with Crippen molar-refractivity contribution in [2.75, 3.05) is 64.4 Å². The first kappa shape index (κ1) is 16.6. The standard InChI is InChI=1S/C16H26N4O2/c1-22-14-8-18-16(21)17-7-9-19-10-12-20(13-11-19)15-5-3-2-4-6-15/h2-6H,7-14H2,1H3,(H2,17,18,21). The molecule has 1 aliphatic rings. The van der Waals surface area contributed by atoms with Crippen LogP contribution in [-0.2, 0) is 4.74 Å². The predicted octanol–water partition coefficient (Wildman–Crippen LogP) is 0.754. The third-order valence-corrected chi connectivity index (χ3v) is 3.80. The average Bonchev–Trinajstić information content (AvgIpc) is 2.57. The second-order valence-corrected chi connectivity index (χ2v) is 5.34. The number of nitrogens with one attached hydrogen (secondary N) is 2. The largest absolute Gasteiger partial charge is 0.383 e. The molecule has 1 aliphatic heterocycles. The molecule has 0 atom stereocenters. The Bertz CT molecular complexity index is 433. The monoisotopic (exact) mass is 306 g/mol. The second-order valence-electron chi connectivity index (χ2n) is 5.34. The summed E-state index contributed by atoms with van der Waals surface area (Å²) < 4.78 is 4.88. The Morgan fingerprint density at radius 1 is 1.09 bits per heavy atom. The lowest BCUT2D eigenvalue weighted by molar-refractivity contribution is 0.195. The molecule has 1 saturated heterocycles. The van der Waals surface area contributed by atoms with Crippen molar-refractivity contribution in [3.8, 4) is 0 Å². The number of piperazine rings is 1. The van der Waals surface area contributed by atoms with Crippen LogP contribution in [0.4, 0.5) is 10.5 Å². The zero-order valence-electron chi connectivity index (χ0n) is 13.3. The third kappa shape index (κ3) is 5.54. The molecule has 0 bridgehead atoms. The lowest BCUT2D eigenvalue weighted by Gasteiger charge is -2.36. The minimum Gasteiger partial charge on any atom is -0.383 e. The van der Waals surface area contributed by atoms with E-state index in [0.29, 0.717) is 19.7 Å². The van der Waals surface area contributed by atoms with E-state index in [4.69, 9.17) is 4.74 Å². The molecular weight excluding hydrogens is 280 g/mol. The van der Waals surface area contributed by atoms with Gasteiger partial charge in [-0.05, 0) is 12.1 Å². The van der Waals surface area contributed by atoms with Crippen LogP contribution >= 0.6 is 0 Å². The Morgan fingerprint density at radius 3 is 2.45 bits per heavy atom. The zero-order valence-corrected chi connectivity index (χ0v) is 13.3. The van der Waals surface area contributed by atoms with E-state index in [-0.39, 0.29) is 6.03 Å². The molecule has 6 nitrogen and oxygen atoms in total. The SMILES string of the molecule is COCCNC(=O)NCCN1CCN(c2ccccc2)CC1. The summed E-state index contributed by atoms with van der Waals surface area (Å²) in [4.78, 5) is 16.3. The Kier molecular flexibility index (Phi) is 6.99. The van der Waals surface area contributed by atoms with Crippen LogP contribution in [0, 0.1) is 0 Å². The number of anilines is 1. The van der Waals surface area contributed by atoms with Gasteiger partial charge in [0.2, 0.25) is 0 Å². The van der Waals surface area contributed by atoms with Crippen LogP contribution in [0.5, 0.6) is 0 Å². The molecule has 0 saturated carbocycles. The Hall–Kier alpha value is -1.79. The number of rotatable bonds is 7. The van der Waals surface area contributed by atoms with Gasteiger partial charge in [0.25, 0.3) is 0 Å². The number of carbonyl (C=O) groups excluding carboxylic acids is 1. The van der Waals surface area contributed by atoms with Crippen LogP contribution < -0.4 is 15.5 Å². The van der Waals surface area contributed by atoms with Crippen LogP contribution in [0.2, 0.25) is 0 Å². The maximum Gasteiger partial charge on any atom is 0.314 e. The van der Waals surface area contributed by atoms with Gasteiger partial charge in [-0.2, -0.15) is 0 Å². The number of amides is 2. The van der Waals surface area contributed by atoms with Crippen molar-refractivity contribution in [2.24, 2.45) is 0 Å². The van der Waals surface area contributed by atoms with E-state index in [1.54, 1.807) is 7.11 Å². The summed E-state index contributed by atoms with van der Waals surface area (Å²) in [5.41, 5.74) is 1.29. The minimum atomic E-state index is -0.125. The Balaban J connectivity index is 1.59. The molecule has 2 N–H and O–H groups in total. The first-order valence-electron chi connectivity index (χ1n) is 7.82. The van der Waals surface area contributed by atoms with Crippen LogP contribution in [0.1, 0.15) is 0 Å². The maximum atomic E-state index is 11.5. The van der Waals surface area contributed by atoms with Crippen LogP contribution in [0.3, 0.4) is 0 Å². The van der Waals surface area contributed by atoms with Gasteiger partial charge in [-0.3, -0.25) is 4.90 Å². The van der Waals surface area contributed by atoms with Gasteiger partial charge in [0.05, 0.1) is 6.61 Å². The van der Waals surface area contributed by atoms with Gasteiger partial charge in [-0.1, -0.05) is 18.2 Å². The van der Waals surface area contributed by atoms with E-state index in [9.17, 15) is 4.79 Å². The highest BCUT2D eigenvalue weighted by Crippen LogP contribution is 2.15. The summed E-state index contributed by atoms with van der Waals surface area (Å²) in [6.45, 7) is 6.76. The minimum absolute atomic E-state index is 0.125. The molecule has 0 spiro atoms. The van der Waals surface area contributed by atoms with Gasteiger partial charge < -0.3 is 20.3 Å². The summed E-state index contributed by atoms with van der Waals surface area (Å²) in [6.07, 6.45) is 0. The molecule has 22 heavy (non-hydrogen) atoms. The quantitative estimate of drug-likeness (QED) is 0.730. The van der Waals surface area contributed by atoms with Crippen molar-refractivity contribution < 1.29 is 9.53 Å². The maximum absolute atomic E-state index is 11.5. The first-order chi connectivity index (χ1) is 10.8. The summed E-state index contributed by atoms with van der Waals surface area (Å²) >= 11 is 0. The van der Waals surface area contributed by atoms with Crippen molar-refractivity contribution in [1.29, 1.82) is 0 Å². The number of ether oxygens (including phenoxy) is 1. The van der Waals surface area contributed by atoms with Gasteiger partial charge in [-0.15, -0.1) is 0 Å². The van der Waals surface area contributed by atoms with E-state index in [1.165, 1.54) is 5.69 Å². The molecule has 1 aromatic carbocycles. The van der Waals surface area contributed by atoms with Gasteiger partial charge in [0.15, 0.2) is 0 Å². The fraction of sp³-hybridized carbons (Fsp3) is 0.562. The molecule has 2 amide bonds. The predicted molar refractivity (Wildman–Crippen MR) is 88.4 cm³/mol.